The van der Waals surface area contributed by atoms with Crippen LogP contribution in [0, 0.1) is 5.92 Å². The molecule has 6 nitrogen and oxygen atoms in total. The molecule has 1 aliphatic carbocycles. The Morgan fingerprint density at radius 3 is 2.21 bits per heavy atom. The summed E-state index contributed by atoms with van der Waals surface area (Å²) < 4.78 is 10.5. The molecule has 0 radical (unpaired) electrons. The summed E-state index contributed by atoms with van der Waals surface area (Å²) in [6.45, 7) is 7.20. The SMILES string of the molecule is CCOCCCC(=O)NC[C@@H]1CCC[C@H]1NC(=O)CCCOCC. The summed E-state index contributed by atoms with van der Waals surface area (Å²) in [5.41, 5.74) is 0. The average molecular weight is 342 g/mol. The third-order valence-electron chi connectivity index (χ3n) is 4.36. The molecule has 6 heteroatoms. The van der Waals surface area contributed by atoms with E-state index in [2.05, 4.69) is 10.6 Å². The van der Waals surface area contributed by atoms with Gasteiger partial charge in [0.05, 0.1) is 0 Å². The maximum atomic E-state index is 12.0. The fourth-order valence-corrected chi connectivity index (χ4v) is 3.04. The van der Waals surface area contributed by atoms with Gasteiger partial charge in [-0.2, -0.15) is 0 Å². The first-order chi connectivity index (χ1) is 11.7. The summed E-state index contributed by atoms with van der Waals surface area (Å²) in [5.74, 6) is 0.509. The van der Waals surface area contributed by atoms with Gasteiger partial charge in [0, 0.05) is 51.9 Å². The van der Waals surface area contributed by atoms with Crippen molar-refractivity contribution in [3.05, 3.63) is 0 Å². The number of nitrogens with one attached hydrogen (secondary N) is 2. The third kappa shape index (κ3) is 9.23. The first kappa shape index (κ1) is 20.9. The summed E-state index contributed by atoms with van der Waals surface area (Å²) in [5, 5.41) is 6.12. The second kappa shape index (κ2) is 13.2. The number of carbonyl (C=O) groups excluding carboxylic acids is 2. The molecule has 0 heterocycles. The average Bonchev–Trinajstić information content (AvgIpc) is 3.01. The van der Waals surface area contributed by atoms with Crippen LogP contribution in [0.3, 0.4) is 0 Å². The Morgan fingerprint density at radius 2 is 1.58 bits per heavy atom. The Kier molecular flexibility index (Phi) is 11.5. The van der Waals surface area contributed by atoms with Crippen LogP contribution < -0.4 is 10.6 Å². The molecule has 1 aliphatic rings. The Balaban J connectivity index is 2.17. The largest absolute Gasteiger partial charge is 0.382 e. The minimum absolute atomic E-state index is 0.0726. The summed E-state index contributed by atoms with van der Waals surface area (Å²) >= 11 is 0. The second-order valence-corrected chi connectivity index (χ2v) is 6.27. The lowest BCUT2D eigenvalue weighted by Gasteiger charge is -2.21. The van der Waals surface area contributed by atoms with Crippen molar-refractivity contribution >= 4 is 11.8 Å². The van der Waals surface area contributed by atoms with Crippen LogP contribution in [0.15, 0.2) is 0 Å². The van der Waals surface area contributed by atoms with E-state index < -0.39 is 0 Å². The lowest BCUT2D eigenvalue weighted by atomic mass is 10.0. The third-order valence-corrected chi connectivity index (χ3v) is 4.36. The number of hydrogen-bond acceptors (Lipinski definition) is 4. The van der Waals surface area contributed by atoms with Crippen molar-refractivity contribution in [2.45, 2.75) is 64.8 Å². The van der Waals surface area contributed by atoms with Crippen molar-refractivity contribution in [3.63, 3.8) is 0 Å². The van der Waals surface area contributed by atoms with E-state index in [0.29, 0.717) is 51.7 Å². The van der Waals surface area contributed by atoms with Gasteiger partial charge >= 0.3 is 0 Å². The van der Waals surface area contributed by atoms with Crippen LogP contribution in [-0.4, -0.2) is 50.8 Å². The molecule has 1 rings (SSSR count). The molecule has 0 unspecified atom stereocenters. The zero-order valence-corrected chi connectivity index (χ0v) is 15.3. The number of amides is 2. The topological polar surface area (TPSA) is 76.7 Å². The van der Waals surface area contributed by atoms with Crippen molar-refractivity contribution in [1.82, 2.24) is 10.6 Å². The lowest BCUT2D eigenvalue weighted by molar-refractivity contribution is -0.122. The molecule has 140 valence electrons. The molecule has 24 heavy (non-hydrogen) atoms. The highest BCUT2D eigenvalue weighted by Crippen LogP contribution is 2.25. The monoisotopic (exact) mass is 342 g/mol. The van der Waals surface area contributed by atoms with E-state index in [4.69, 9.17) is 9.47 Å². The molecule has 2 N–H and O–H groups in total. The van der Waals surface area contributed by atoms with Crippen molar-refractivity contribution < 1.29 is 19.1 Å². The van der Waals surface area contributed by atoms with Crippen LogP contribution in [-0.2, 0) is 19.1 Å². The van der Waals surface area contributed by atoms with Gasteiger partial charge in [0.1, 0.15) is 0 Å². The summed E-state index contributed by atoms with van der Waals surface area (Å²) in [7, 11) is 0. The lowest BCUT2D eigenvalue weighted by Crippen LogP contribution is -2.42. The van der Waals surface area contributed by atoms with Crippen LogP contribution in [0.25, 0.3) is 0 Å². The van der Waals surface area contributed by atoms with E-state index in [1.165, 1.54) is 0 Å². The highest BCUT2D eigenvalue weighted by Gasteiger charge is 2.28. The first-order valence-corrected chi connectivity index (χ1v) is 9.38. The van der Waals surface area contributed by atoms with Gasteiger partial charge in [-0.1, -0.05) is 6.42 Å². The van der Waals surface area contributed by atoms with Gasteiger partial charge in [-0.3, -0.25) is 9.59 Å². The minimum atomic E-state index is 0.0726. The van der Waals surface area contributed by atoms with E-state index >= 15 is 0 Å². The van der Waals surface area contributed by atoms with Crippen LogP contribution in [0.1, 0.15) is 58.8 Å². The zero-order chi connectivity index (χ0) is 17.6. The van der Waals surface area contributed by atoms with Gasteiger partial charge < -0.3 is 20.1 Å². The van der Waals surface area contributed by atoms with Gasteiger partial charge in [-0.05, 0) is 45.4 Å². The number of ether oxygens (including phenoxy) is 2. The number of rotatable bonds is 13. The molecule has 0 aromatic rings. The molecule has 2 atom stereocenters. The van der Waals surface area contributed by atoms with E-state index in [1.807, 2.05) is 13.8 Å². The number of hydrogen-bond donors (Lipinski definition) is 2. The highest BCUT2D eigenvalue weighted by atomic mass is 16.5. The molecule has 0 aromatic heterocycles. The normalized spacial score (nSPS) is 20.1. The Hall–Kier alpha value is -1.14. The van der Waals surface area contributed by atoms with Gasteiger partial charge in [0.25, 0.3) is 0 Å². The fourth-order valence-electron chi connectivity index (χ4n) is 3.04. The summed E-state index contributed by atoms with van der Waals surface area (Å²) in [6.07, 6.45) is 5.69. The zero-order valence-electron chi connectivity index (χ0n) is 15.3. The summed E-state index contributed by atoms with van der Waals surface area (Å²) in [4.78, 5) is 23.8. The van der Waals surface area contributed by atoms with E-state index in [9.17, 15) is 9.59 Å². The fraction of sp³-hybridized carbons (Fsp3) is 0.889. The van der Waals surface area contributed by atoms with Gasteiger partial charge in [-0.25, -0.2) is 0 Å². The Morgan fingerprint density at radius 1 is 0.958 bits per heavy atom. The molecule has 0 aromatic carbocycles. The standard InChI is InChI=1S/C18H34N2O4/c1-3-23-12-6-10-17(21)19-14-15-8-5-9-16(15)20-18(22)11-7-13-24-4-2/h15-16H,3-14H2,1-2H3,(H,19,21)(H,20,22)/t15-,16+/m0/s1. The molecule has 0 aliphatic heterocycles. The van der Waals surface area contributed by atoms with E-state index in [1.54, 1.807) is 0 Å². The quantitative estimate of drug-likeness (QED) is 0.502. The number of carbonyl (C=O) groups is 2. The van der Waals surface area contributed by atoms with Crippen molar-refractivity contribution in [3.8, 4) is 0 Å². The van der Waals surface area contributed by atoms with Crippen LogP contribution in [0.2, 0.25) is 0 Å². The van der Waals surface area contributed by atoms with Gasteiger partial charge in [-0.15, -0.1) is 0 Å². The van der Waals surface area contributed by atoms with E-state index in [-0.39, 0.29) is 17.9 Å². The van der Waals surface area contributed by atoms with Crippen molar-refractivity contribution in [2.24, 2.45) is 5.92 Å². The first-order valence-electron chi connectivity index (χ1n) is 9.38. The Labute approximate surface area is 146 Å². The molecule has 2 amide bonds. The van der Waals surface area contributed by atoms with Crippen LogP contribution in [0.4, 0.5) is 0 Å². The predicted octanol–water partition coefficient (Wildman–Crippen LogP) is 2.02. The molecule has 0 bridgehead atoms. The molecular formula is C18H34N2O4. The van der Waals surface area contributed by atoms with Crippen LogP contribution in [0.5, 0.6) is 0 Å². The highest BCUT2D eigenvalue weighted by molar-refractivity contribution is 5.76. The molecule has 1 fully saturated rings. The maximum Gasteiger partial charge on any atom is 0.220 e. The molecular weight excluding hydrogens is 308 g/mol. The van der Waals surface area contributed by atoms with Gasteiger partial charge in [0.2, 0.25) is 11.8 Å². The molecule has 1 saturated carbocycles. The molecule has 0 saturated heterocycles. The Bertz CT molecular complexity index is 363. The maximum absolute atomic E-state index is 12.0. The molecule has 0 spiro atoms. The van der Waals surface area contributed by atoms with Gasteiger partial charge in [0.15, 0.2) is 0 Å². The minimum Gasteiger partial charge on any atom is -0.382 e. The van der Waals surface area contributed by atoms with Crippen molar-refractivity contribution in [1.29, 1.82) is 0 Å². The predicted molar refractivity (Wildman–Crippen MR) is 93.7 cm³/mol. The van der Waals surface area contributed by atoms with Crippen molar-refractivity contribution in [2.75, 3.05) is 33.0 Å². The van der Waals surface area contributed by atoms with E-state index in [0.717, 1.165) is 32.1 Å². The second-order valence-electron chi connectivity index (χ2n) is 6.27. The van der Waals surface area contributed by atoms with Crippen LogP contribution >= 0.6 is 0 Å². The summed E-state index contributed by atoms with van der Waals surface area (Å²) in [6, 6.07) is 0.188. The smallest absolute Gasteiger partial charge is 0.220 e.